The molecule has 0 saturated heterocycles. The lowest BCUT2D eigenvalue weighted by Gasteiger charge is -2.24. The summed E-state index contributed by atoms with van der Waals surface area (Å²) in [6.45, 7) is 9.20. The molecule has 0 aliphatic carbocycles. The van der Waals surface area contributed by atoms with Crippen LogP contribution in [0.2, 0.25) is 0 Å². The first-order valence-electron chi connectivity index (χ1n) is 11.7. The van der Waals surface area contributed by atoms with Gasteiger partial charge in [0.15, 0.2) is 5.82 Å². The van der Waals surface area contributed by atoms with Crippen LogP contribution < -0.4 is 26.6 Å². The number of carboxylic acids is 1. The summed E-state index contributed by atoms with van der Waals surface area (Å²) < 4.78 is 0. The number of nitrogens with two attached hydrogens (primary N) is 2. The van der Waals surface area contributed by atoms with Gasteiger partial charge in [-0.05, 0) is 43.3 Å². The van der Waals surface area contributed by atoms with Gasteiger partial charge in [-0.15, -0.1) is 0 Å². The molecule has 0 fully saturated rings. The van der Waals surface area contributed by atoms with Crippen LogP contribution in [0.5, 0.6) is 0 Å². The summed E-state index contributed by atoms with van der Waals surface area (Å²) in [4.78, 5) is 34.7. The van der Waals surface area contributed by atoms with Gasteiger partial charge in [0.2, 0.25) is 6.41 Å². The Balaban J connectivity index is 0.00000214. The van der Waals surface area contributed by atoms with Gasteiger partial charge in [-0.25, -0.2) is 9.78 Å². The molecule has 10 nitrogen and oxygen atoms in total. The molecule has 0 aliphatic rings. The number of pyridine rings is 1. The number of rotatable bonds is 10. The third-order valence-corrected chi connectivity index (χ3v) is 4.57. The minimum Gasteiger partial charge on any atom is -0.480 e. The van der Waals surface area contributed by atoms with Crippen LogP contribution in [0.3, 0.4) is 0 Å². The number of aliphatic imine (C=N–C) groups is 1. The molecule has 1 atom stereocenters. The van der Waals surface area contributed by atoms with E-state index in [2.05, 4.69) is 15.3 Å². The lowest BCUT2D eigenvalue weighted by Crippen LogP contribution is -2.45. The zero-order valence-corrected chi connectivity index (χ0v) is 21.7. The van der Waals surface area contributed by atoms with E-state index < -0.39 is 12.0 Å². The van der Waals surface area contributed by atoms with E-state index in [1.54, 1.807) is 19.3 Å². The molecule has 6 N–H and O–H groups in total. The number of nitrogens with one attached hydrogen (secondary N) is 1. The van der Waals surface area contributed by atoms with Crippen molar-refractivity contribution in [3.05, 3.63) is 48.2 Å². The predicted octanol–water partition coefficient (Wildman–Crippen LogP) is 2.40. The fourth-order valence-corrected chi connectivity index (χ4v) is 2.95. The number of aromatic nitrogens is 1. The first kappa shape index (κ1) is 31.5. The molecule has 0 radical (unpaired) electrons. The fourth-order valence-electron chi connectivity index (χ4n) is 2.95. The number of benzene rings is 1. The minimum absolute atomic E-state index is 0.156. The van der Waals surface area contributed by atoms with Crippen LogP contribution in [-0.2, 0) is 16.0 Å². The normalized spacial score (nSPS) is 11.1. The second kappa shape index (κ2) is 17.9. The highest BCUT2D eigenvalue weighted by molar-refractivity contribution is 5.88. The summed E-state index contributed by atoms with van der Waals surface area (Å²) in [5.41, 5.74) is 12.9. The number of anilines is 3. The van der Waals surface area contributed by atoms with Crippen LogP contribution in [0, 0.1) is 0 Å². The highest BCUT2D eigenvalue weighted by Gasteiger charge is 2.19. The number of carbonyl (C=O) groups is 2. The van der Waals surface area contributed by atoms with Gasteiger partial charge in [-0.3, -0.25) is 9.79 Å². The monoisotopic (exact) mass is 487 g/mol. The van der Waals surface area contributed by atoms with Crippen molar-refractivity contribution < 1.29 is 14.7 Å². The minimum atomic E-state index is -0.969. The van der Waals surface area contributed by atoms with Crippen molar-refractivity contribution in [1.82, 2.24) is 10.3 Å². The van der Waals surface area contributed by atoms with Crippen molar-refractivity contribution in [3.63, 3.8) is 0 Å². The van der Waals surface area contributed by atoms with Crippen LogP contribution in [0.1, 0.15) is 33.3 Å². The van der Waals surface area contributed by atoms with Gasteiger partial charge in [-0.2, -0.15) is 0 Å². The van der Waals surface area contributed by atoms with Crippen molar-refractivity contribution in [3.8, 4) is 0 Å². The Morgan fingerprint density at radius 2 is 1.77 bits per heavy atom. The number of amides is 1. The predicted molar refractivity (Wildman–Crippen MR) is 145 cm³/mol. The zero-order chi connectivity index (χ0) is 26.8. The lowest BCUT2D eigenvalue weighted by molar-refractivity contribution is -0.139. The maximum absolute atomic E-state index is 11.6. The molecule has 194 valence electrons. The van der Waals surface area contributed by atoms with Gasteiger partial charge in [0.05, 0.1) is 12.2 Å². The average Bonchev–Trinajstić information content (AvgIpc) is 2.89. The third-order valence-electron chi connectivity index (χ3n) is 4.57. The fraction of sp³-hybridized carbons (Fsp3) is 0.440. The molecule has 2 aromatic rings. The van der Waals surface area contributed by atoms with Gasteiger partial charge in [0.1, 0.15) is 11.9 Å². The Bertz CT molecular complexity index is 904. The van der Waals surface area contributed by atoms with Crippen molar-refractivity contribution in [1.29, 1.82) is 0 Å². The van der Waals surface area contributed by atoms with Crippen molar-refractivity contribution in [2.24, 2.45) is 16.5 Å². The lowest BCUT2D eigenvalue weighted by atomic mass is 10.1. The Morgan fingerprint density at radius 1 is 1.17 bits per heavy atom. The number of nitrogens with zero attached hydrogens (tertiary/aromatic N) is 4. The average molecular weight is 488 g/mol. The maximum atomic E-state index is 11.6. The highest BCUT2D eigenvalue weighted by atomic mass is 16.4. The molecular formula is C25H41N7O3. The van der Waals surface area contributed by atoms with Gasteiger partial charge >= 0.3 is 5.97 Å². The van der Waals surface area contributed by atoms with E-state index in [9.17, 15) is 14.7 Å². The molecule has 0 spiro atoms. The molecule has 1 aromatic heterocycles. The van der Waals surface area contributed by atoms with E-state index >= 15 is 0 Å². The Kier molecular flexibility index (Phi) is 16.1. The number of aliphatic carboxylic acids is 1. The third kappa shape index (κ3) is 10.5. The summed E-state index contributed by atoms with van der Waals surface area (Å²) in [6, 6.07) is 10.3. The van der Waals surface area contributed by atoms with Crippen molar-refractivity contribution in [2.45, 2.75) is 40.2 Å². The molecule has 0 bridgehead atoms. The van der Waals surface area contributed by atoms with Crippen LogP contribution in [0.4, 0.5) is 17.2 Å². The quantitative estimate of drug-likeness (QED) is 0.227. The molecule has 0 saturated carbocycles. The molecule has 1 aromatic carbocycles. The topological polar surface area (TPSA) is 150 Å². The maximum Gasteiger partial charge on any atom is 0.326 e. The standard InChI is InChI=1S/C21H28N6O3.C2H7N.C2H6/c1-4-23-19(13-22)25-17(21(29)30)12-15-7-9-16(10-8-15)27(3)20-18(26(2)14-28)6-5-11-24-20;1-2-3;1-2/h5-11,14,17H,4,12-13,22H2,1-3H3,(H,23,25)(H,29,30);2-3H2,1H3;1-2H3. The van der Waals surface area contributed by atoms with Crippen LogP contribution >= 0.6 is 0 Å². The Morgan fingerprint density at radius 3 is 2.26 bits per heavy atom. The number of hydrogen-bond acceptors (Lipinski definition) is 7. The van der Waals surface area contributed by atoms with E-state index in [4.69, 9.17) is 11.5 Å². The zero-order valence-electron chi connectivity index (χ0n) is 21.7. The Labute approximate surface area is 209 Å². The largest absolute Gasteiger partial charge is 0.480 e. The van der Waals surface area contributed by atoms with E-state index in [0.717, 1.165) is 24.2 Å². The smallest absolute Gasteiger partial charge is 0.326 e. The molecule has 1 amide bonds. The second-order valence-corrected chi connectivity index (χ2v) is 7.06. The van der Waals surface area contributed by atoms with Gasteiger partial charge in [-0.1, -0.05) is 32.9 Å². The van der Waals surface area contributed by atoms with E-state index in [1.807, 2.05) is 70.0 Å². The number of carboxylic acid groups (broad SMARTS) is 1. The molecule has 2 rings (SSSR count). The number of hydrogen-bond donors (Lipinski definition) is 4. The molecule has 0 aliphatic heterocycles. The summed E-state index contributed by atoms with van der Waals surface area (Å²) in [7, 11) is 3.52. The van der Waals surface area contributed by atoms with E-state index in [1.165, 1.54) is 4.90 Å². The van der Waals surface area contributed by atoms with Gasteiger partial charge in [0, 0.05) is 38.9 Å². The summed E-state index contributed by atoms with van der Waals surface area (Å²) in [5.74, 6) is 0.139. The van der Waals surface area contributed by atoms with Crippen LogP contribution in [0.25, 0.3) is 0 Å². The molecule has 1 heterocycles. The second-order valence-electron chi connectivity index (χ2n) is 7.06. The van der Waals surface area contributed by atoms with Crippen molar-refractivity contribution in [2.75, 3.05) is 43.5 Å². The van der Waals surface area contributed by atoms with Gasteiger partial charge in [0.25, 0.3) is 0 Å². The van der Waals surface area contributed by atoms with Crippen LogP contribution in [0.15, 0.2) is 47.6 Å². The van der Waals surface area contributed by atoms with E-state index in [-0.39, 0.29) is 13.0 Å². The first-order valence-corrected chi connectivity index (χ1v) is 11.7. The Hall–Kier alpha value is -3.50. The molecule has 35 heavy (non-hydrogen) atoms. The van der Waals surface area contributed by atoms with E-state index in [0.29, 0.717) is 23.9 Å². The summed E-state index contributed by atoms with van der Waals surface area (Å²) >= 11 is 0. The van der Waals surface area contributed by atoms with Gasteiger partial charge < -0.3 is 31.7 Å². The summed E-state index contributed by atoms with van der Waals surface area (Å²) in [6.07, 6.45) is 2.68. The number of carbonyl (C=O) groups excluding carboxylic acids is 1. The highest BCUT2D eigenvalue weighted by Crippen LogP contribution is 2.30. The SMILES string of the molecule is CC.CCN.CCN=C(CN)NC(Cc1ccc(N(C)c2ncccc2N(C)C=O)cc1)C(=O)O. The molecule has 1 unspecified atom stereocenters. The van der Waals surface area contributed by atoms with Crippen LogP contribution in [-0.4, -0.2) is 68.1 Å². The number of amidine groups is 1. The first-order chi connectivity index (χ1) is 16.8. The summed E-state index contributed by atoms with van der Waals surface area (Å²) in [5, 5.41) is 12.4. The molecule has 10 heteroatoms. The van der Waals surface area contributed by atoms with Crippen molar-refractivity contribution >= 4 is 35.4 Å². The molecular weight excluding hydrogens is 446 g/mol.